The highest BCUT2D eigenvalue weighted by atomic mass is 35.5. The predicted molar refractivity (Wildman–Crippen MR) is 73.1 cm³/mol. The fraction of sp³-hybridized carbons (Fsp3) is 0. The Morgan fingerprint density at radius 2 is 2.05 bits per heavy atom. The molecule has 0 saturated carbocycles. The van der Waals surface area contributed by atoms with E-state index in [1.165, 1.54) is 0 Å². The summed E-state index contributed by atoms with van der Waals surface area (Å²) in [6.07, 6.45) is 0. The van der Waals surface area contributed by atoms with Crippen molar-refractivity contribution >= 4 is 40.5 Å². The Labute approximate surface area is 126 Å². The van der Waals surface area contributed by atoms with Gasteiger partial charge in [0.05, 0.1) is 10.5 Å². The van der Waals surface area contributed by atoms with E-state index in [0.29, 0.717) is 0 Å². The number of anilines is 1. The molecule has 0 spiro atoms. The monoisotopic (exact) mass is 330 g/mol. The second-order valence-corrected chi connectivity index (χ2v) is 4.46. The van der Waals surface area contributed by atoms with Gasteiger partial charge in [0.1, 0.15) is 0 Å². The Morgan fingerprint density at radius 3 is 2.71 bits per heavy atom. The molecule has 0 aliphatic rings. The van der Waals surface area contributed by atoms with Crippen LogP contribution in [0.2, 0.25) is 10.3 Å². The quantitative estimate of drug-likeness (QED) is 0.688. The highest BCUT2D eigenvalue weighted by Crippen LogP contribution is 2.28. The molecular weight excluding hydrogens is 326 g/mol. The van der Waals surface area contributed by atoms with Crippen LogP contribution in [0.5, 0.6) is 0 Å². The smallest absolute Gasteiger partial charge is 0.295 e. The third kappa shape index (κ3) is 3.23. The van der Waals surface area contributed by atoms with Crippen molar-refractivity contribution in [2.75, 3.05) is 5.32 Å². The maximum atomic E-state index is 13.7. The van der Waals surface area contributed by atoms with Crippen LogP contribution in [0.3, 0.4) is 0 Å². The number of hydrogen-bond acceptors (Lipinski definition) is 5. The van der Waals surface area contributed by atoms with Crippen molar-refractivity contribution in [2.24, 2.45) is 0 Å². The summed E-state index contributed by atoms with van der Waals surface area (Å²) in [5, 5.41) is 19.4. The highest BCUT2D eigenvalue weighted by molar-refractivity contribution is 6.34. The van der Waals surface area contributed by atoms with Crippen molar-refractivity contribution in [2.45, 2.75) is 0 Å². The molecule has 1 aromatic heterocycles. The van der Waals surface area contributed by atoms with E-state index in [0.717, 1.165) is 24.3 Å². The average Bonchev–Trinajstić information content (AvgIpc) is 2.43. The van der Waals surface area contributed by atoms with Gasteiger partial charge in [-0.1, -0.05) is 29.3 Å². The van der Waals surface area contributed by atoms with Gasteiger partial charge in [-0.25, -0.2) is 4.39 Å². The van der Waals surface area contributed by atoms with E-state index in [1.54, 1.807) is 0 Å². The zero-order chi connectivity index (χ0) is 15.6. The summed E-state index contributed by atoms with van der Waals surface area (Å²) in [7, 11) is 0. The Hall–Kier alpha value is -2.32. The Kier molecular flexibility index (Phi) is 4.29. The Bertz CT molecular complexity index is 741. The second kappa shape index (κ2) is 5.98. The van der Waals surface area contributed by atoms with Crippen molar-refractivity contribution in [3.05, 3.63) is 56.1 Å². The molecule has 1 amide bonds. The van der Waals surface area contributed by atoms with Crippen LogP contribution in [-0.4, -0.2) is 21.0 Å². The summed E-state index contributed by atoms with van der Waals surface area (Å²) in [6, 6.07) is 4.29. The lowest BCUT2D eigenvalue weighted by molar-refractivity contribution is -0.384. The molecule has 108 valence electrons. The number of nitrogens with zero attached hydrogens (tertiary/aromatic N) is 3. The van der Waals surface area contributed by atoms with Crippen LogP contribution in [0, 0.1) is 15.9 Å². The first-order valence-electron chi connectivity index (χ1n) is 5.33. The van der Waals surface area contributed by atoms with Gasteiger partial charge in [-0.05, 0) is 12.1 Å². The molecule has 2 rings (SSSR count). The third-order valence-electron chi connectivity index (χ3n) is 2.39. The minimum absolute atomic E-state index is 0.104. The third-order valence-corrected chi connectivity index (χ3v) is 2.85. The number of carbonyl (C=O) groups is 1. The van der Waals surface area contributed by atoms with Crippen molar-refractivity contribution in [3.63, 3.8) is 0 Å². The predicted octanol–water partition coefficient (Wildman–Crippen LogP) is 3.08. The molecule has 0 aliphatic heterocycles. The SMILES string of the molecule is O=C(Nc1c(F)cccc1[N+](=O)[O-])c1cc(Cl)nnc1Cl. The summed E-state index contributed by atoms with van der Waals surface area (Å²) in [4.78, 5) is 22.0. The minimum atomic E-state index is -0.957. The van der Waals surface area contributed by atoms with E-state index in [4.69, 9.17) is 23.2 Å². The summed E-state index contributed by atoms with van der Waals surface area (Å²) < 4.78 is 13.7. The van der Waals surface area contributed by atoms with Crippen LogP contribution < -0.4 is 5.32 Å². The van der Waals surface area contributed by atoms with Gasteiger partial charge in [0.15, 0.2) is 21.8 Å². The molecule has 10 heteroatoms. The number of rotatable bonds is 3. The van der Waals surface area contributed by atoms with E-state index in [2.05, 4.69) is 15.5 Å². The number of aromatic nitrogens is 2. The molecule has 1 aromatic carbocycles. The van der Waals surface area contributed by atoms with Crippen LogP contribution >= 0.6 is 23.2 Å². The Morgan fingerprint density at radius 1 is 1.33 bits per heavy atom. The maximum absolute atomic E-state index is 13.7. The molecule has 1 heterocycles. The molecular formula is C11H5Cl2FN4O3. The number of amides is 1. The van der Waals surface area contributed by atoms with Gasteiger partial charge in [0, 0.05) is 6.07 Å². The van der Waals surface area contributed by atoms with Crippen LogP contribution in [0.25, 0.3) is 0 Å². The number of para-hydroxylation sites is 1. The van der Waals surface area contributed by atoms with Crippen LogP contribution in [0.4, 0.5) is 15.8 Å². The largest absolute Gasteiger partial charge is 0.314 e. The molecule has 0 fully saturated rings. The number of nitro benzene ring substituents is 1. The topological polar surface area (TPSA) is 98.0 Å². The van der Waals surface area contributed by atoms with E-state index in [1.807, 2.05) is 0 Å². The van der Waals surface area contributed by atoms with E-state index < -0.39 is 28.0 Å². The van der Waals surface area contributed by atoms with E-state index >= 15 is 0 Å². The number of nitrogens with one attached hydrogen (secondary N) is 1. The van der Waals surface area contributed by atoms with Gasteiger partial charge in [0.25, 0.3) is 11.6 Å². The van der Waals surface area contributed by atoms with Gasteiger partial charge >= 0.3 is 0 Å². The first-order valence-corrected chi connectivity index (χ1v) is 6.08. The molecule has 0 aliphatic carbocycles. The molecule has 0 saturated heterocycles. The van der Waals surface area contributed by atoms with Gasteiger partial charge in [-0.2, -0.15) is 0 Å². The number of nitro groups is 1. The Balaban J connectivity index is 2.41. The lowest BCUT2D eigenvalue weighted by atomic mass is 10.2. The zero-order valence-electron chi connectivity index (χ0n) is 10.0. The molecule has 0 unspecified atom stereocenters. The first-order chi connectivity index (χ1) is 9.90. The molecule has 1 N–H and O–H groups in total. The number of carbonyl (C=O) groups excluding carboxylic acids is 1. The van der Waals surface area contributed by atoms with Gasteiger partial charge in [0.2, 0.25) is 0 Å². The summed E-state index contributed by atoms with van der Waals surface area (Å²) in [6.45, 7) is 0. The lowest BCUT2D eigenvalue weighted by Crippen LogP contribution is -2.15. The summed E-state index contributed by atoms with van der Waals surface area (Å²) in [5.74, 6) is -1.85. The fourth-order valence-corrected chi connectivity index (χ4v) is 1.81. The van der Waals surface area contributed by atoms with Crippen molar-refractivity contribution in [1.29, 1.82) is 0 Å². The van der Waals surface area contributed by atoms with Gasteiger partial charge in [-0.3, -0.25) is 14.9 Å². The standard InChI is InChI=1S/C11H5Cl2FN4O3/c12-8-4-5(10(13)17-16-8)11(19)15-9-6(14)2-1-3-7(9)18(20)21/h1-4H,(H,15,19). The van der Waals surface area contributed by atoms with Crippen LogP contribution in [-0.2, 0) is 0 Å². The van der Waals surface area contributed by atoms with Crippen molar-refractivity contribution in [3.8, 4) is 0 Å². The lowest BCUT2D eigenvalue weighted by Gasteiger charge is -2.07. The number of benzene rings is 1. The highest BCUT2D eigenvalue weighted by Gasteiger charge is 2.22. The maximum Gasteiger partial charge on any atom is 0.295 e. The molecule has 0 bridgehead atoms. The second-order valence-electron chi connectivity index (χ2n) is 3.72. The number of hydrogen-bond donors (Lipinski definition) is 1. The summed E-state index contributed by atoms with van der Waals surface area (Å²) >= 11 is 11.3. The first kappa shape index (κ1) is 15.1. The van der Waals surface area contributed by atoms with E-state index in [-0.39, 0.29) is 15.9 Å². The average molecular weight is 331 g/mol. The van der Waals surface area contributed by atoms with Crippen molar-refractivity contribution in [1.82, 2.24) is 10.2 Å². The zero-order valence-corrected chi connectivity index (χ0v) is 11.5. The van der Waals surface area contributed by atoms with Crippen molar-refractivity contribution < 1.29 is 14.1 Å². The minimum Gasteiger partial charge on any atom is -0.314 e. The summed E-state index contributed by atoms with van der Waals surface area (Å²) in [5.41, 5.74) is -1.35. The van der Waals surface area contributed by atoms with Crippen LogP contribution in [0.1, 0.15) is 10.4 Å². The molecule has 0 radical (unpaired) electrons. The van der Waals surface area contributed by atoms with E-state index in [9.17, 15) is 19.3 Å². The normalized spacial score (nSPS) is 10.2. The van der Waals surface area contributed by atoms with Gasteiger partial charge in [-0.15, -0.1) is 10.2 Å². The molecule has 0 atom stereocenters. The number of halogens is 3. The van der Waals surface area contributed by atoms with Gasteiger partial charge < -0.3 is 5.32 Å². The fourth-order valence-electron chi connectivity index (χ4n) is 1.48. The molecule has 2 aromatic rings. The molecule has 7 nitrogen and oxygen atoms in total. The molecule has 21 heavy (non-hydrogen) atoms. The van der Waals surface area contributed by atoms with Crippen LogP contribution in [0.15, 0.2) is 24.3 Å².